The predicted octanol–water partition coefficient (Wildman–Crippen LogP) is 1.63. The lowest BCUT2D eigenvalue weighted by atomic mass is 10.3. The molecule has 1 aromatic heterocycles. The first-order chi connectivity index (χ1) is 9.26. The minimum atomic E-state index is -3.02. The fraction of sp³-hybridized carbons (Fsp3) is 0.615. The summed E-state index contributed by atoms with van der Waals surface area (Å²) in [4.78, 5) is 11.9. The average Bonchev–Trinajstić information content (AvgIpc) is 2.77. The van der Waals surface area contributed by atoms with Gasteiger partial charge in [0.15, 0.2) is 0 Å². The summed E-state index contributed by atoms with van der Waals surface area (Å²) in [6.45, 7) is 5.55. The number of nitrogen functional groups attached to an aromatic ring is 1. The van der Waals surface area contributed by atoms with E-state index in [9.17, 15) is 13.2 Å². The van der Waals surface area contributed by atoms with E-state index in [4.69, 9.17) is 10.5 Å². The van der Waals surface area contributed by atoms with Gasteiger partial charge < -0.3 is 15.0 Å². The van der Waals surface area contributed by atoms with E-state index >= 15 is 0 Å². The van der Waals surface area contributed by atoms with Crippen LogP contribution in [0, 0.1) is 0 Å². The number of rotatable bonds is 7. The molecule has 0 radical (unpaired) electrons. The van der Waals surface area contributed by atoms with Crippen LogP contribution in [0.25, 0.3) is 0 Å². The fourth-order valence-corrected chi connectivity index (χ4v) is 2.60. The quantitative estimate of drug-likeness (QED) is 0.610. The number of hydrogen-bond acceptors (Lipinski definition) is 5. The molecule has 1 aromatic rings. The van der Waals surface area contributed by atoms with Crippen LogP contribution < -0.4 is 5.73 Å². The Morgan fingerprint density at radius 3 is 2.65 bits per heavy atom. The number of nitrogens with zero attached hydrogens (tertiary/aromatic N) is 1. The van der Waals surface area contributed by atoms with Crippen molar-refractivity contribution in [2.75, 3.05) is 23.8 Å². The molecular formula is C13H22N2O4S. The first-order valence-corrected chi connectivity index (χ1v) is 8.44. The molecule has 0 unspecified atom stereocenters. The van der Waals surface area contributed by atoms with Gasteiger partial charge in [-0.05, 0) is 26.3 Å². The van der Waals surface area contributed by atoms with Crippen LogP contribution in [-0.2, 0) is 14.6 Å². The third-order valence-electron chi connectivity index (χ3n) is 2.91. The Kier molecular flexibility index (Phi) is 5.62. The highest BCUT2D eigenvalue weighted by atomic mass is 32.2. The van der Waals surface area contributed by atoms with Gasteiger partial charge in [0.2, 0.25) is 0 Å². The van der Waals surface area contributed by atoms with Gasteiger partial charge in [-0.1, -0.05) is 6.92 Å². The van der Waals surface area contributed by atoms with Crippen molar-refractivity contribution >= 4 is 21.5 Å². The van der Waals surface area contributed by atoms with Gasteiger partial charge in [0.05, 0.1) is 18.0 Å². The van der Waals surface area contributed by atoms with Crippen LogP contribution in [0.2, 0.25) is 0 Å². The van der Waals surface area contributed by atoms with Crippen molar-refractivity contribution in [1.29, 1.82) is 0 Å². The normalized spacial score (nSPS) is 11.8. The molecule has 0 aliphatic carbocycles. The molecule has 0 aliphatic rings. The van der Waals surface area contributed by atoms with Crippen molar-refractivity contribution in [2.24, 2.45) is 0 Å². The van der Waals surface area contributed by atoms with Crippen LogP contribution >= 0.6 is 0 Å². The Morgan fingerprint density at radius 2 is 2.10 bits per heavy atom. The van der Waals surface area contributed by atoms with E-state index in [1.807, 2.05) is 13.8 Å². The maximum absolute atomic E-state index is 11.9. The summed E-state index contributed by atoms with van der Waals surface area (Å²) in [6, 6.07) is 1.65. The van der Waals surface area contributed by atoms with Gasteiger partial charge in [-0.2, -0.15) is 0 Å². The number of sulfone groups is 1. The smallest absolute Gasteiger partial charge is 0.355 e. The zero-order valence-electron chi connectivity index (χ0n) is 12.1. The monoisotopic (exact) mass is 302 g/mol. The molecule has 1 rings (SSSR count). The molecule has 7 heteroatoms. The highest BCUT2D eigenvalue weighted by Crippen LogP contribution is 2.17. The summed E-state index contributed by atoms with van der Waals surface area (Å²) in [6.07, 6.45) is 1.99. The zero-order valence-corrected chi connectivity index (χ0v) is 12.9. The van der Waals surface area contributed by atoms with Crippen molar-refractivity contribution in [3.63, 3.8) is 0 Å². The third-order valence-corrected chi connectivity index (χ3v) is 4.70. The van der Waals surface area contributed by atoms with E-state index in [1.165, 1.54) is 0 Å². The topological polar surface area (TPSA) is 91.4 Å². The second-order valence-corrected chi connectivity index (χ2v) is 7.36. The minimum absolute atomic E-state index is 0.0319. The molecule has 2 N–H and O–H groups in total. The second-order valence-electron chi connectivity index (χ2n) is 4.89. The Labute approximate surface area is 119 Å². The van der Waals surface area contributed by atoms with E-state index in [0.717, 1.165) is 0 Å². The SMILES string of the molecule is CCS(=O)(=O)CCCOC(=O)c1cc(N)cn1C(C)C. The lowest BCUT2D eigenvalue weighted by Gasteiger charge is -2.12. The van der Waals surface area contributed by atoms with Gasteiger partial charge >= 0.3 is 5.97 Å². The Hall–Kier alpha value is -1.50. The first kappa shape index (κ1) is 16.6. The maximum atomic E-state index is 11.9. The van der Waals surface area contributed by atoms with Crippen LogP contribution in [0.1, 0.15) is 43.7 Å². The summed E-state index contributed by atoms with van der Waals surface area (Å²) >= 11 is 0. The molecule has 0 fully saturated rings. The summed E-state index contributed by atoms with van der Waals surface area (Å²) in [5.41, 5.74) is 6.56. The van der Waals surface area contributed by atoms with Crippen LogP contribution in [0.15, 0.2) is 12.3 Å². The highest BCUT2D eigenvalue weighted by molar-refractivity contribution is 7.91. The van der Waals surface area contributed by atoms with Crippen LogP contribution in [0.5, 0.6) is 0 Å². The number of carbonyl (C=O) groups excluding carboxylic acids is 1. The number of nitrogens with two attached hydrogens (primary N) is 1. The fourth-order valence-electron chi connectivity index (χ4n) is 1.75. The predicted molar refractivity (Wildman–Crippen MR) is 78.5 cm³/mol. The van der Waals surface area contributed by atoms with E-state index in [1.54, 1.807) is 23.8 Å². The molecule has 0 amide bonds. The highest BCUT2D eigenvalue weighted by Gasteiger charge is 2.16. The molecular weight excluding hydrogens is 280 g/mol. The maximum Gasteiger partial charge on any atom is 0.355 e. The Balaban J connectivity index is 2.56. The lowest BCUT2D eigenvalue weighted by molar-refractivity contribution is 0.0491. The summed E-state index contributed by atoms with van der Waals surface area (Å²) in [7, 11) is -3.02. The first-order valence-electron chi connectivity index (χ1n) is 6.61. The van der Waals surface area contributed by atoms with Crippen LogP contribution in [0.3, 0.4) is 0 Å². The van der Waals surface area contributed by atoms with Gasteiger partial charge in [-0.25, -0.2) is 13.2 Å². The van der Waals surface area contributed by atoms with Crippen molar-refractivity contribution in [3.05, 3.63) is 18.0 Å². The van der Waals surface area contributed by atoms with Crippen LogP contribution in [-0.4, -0.2) is 37.1 Å². The summed E-state index contributed by atoms with van der Waals surface area (Å²) in [5, 5.41) is 0. The zero-order chi connectivity index (χ0) is 15.3. The van der Waals surface area contributed by atoms with Gasteiger partial charge in [-0.15, -0.1) is 0 Å². The number of carbonyl (C=O) groups is 1. The number of anilines is 1. The molecule has 1 heterocycles. The molecule has 0 saturated heterocycles. The summed E-state index contributed by atoms with van der Waals surface area (Å²) < 4.78 is 29.4. The molecule has 0 aromatic carbocycles. The molecule has 0 saturated carbocycles. The van der Waals surface area contributed by atoms with Gasteiger partial charge in [0, 0.05) is 18.0 Å². The number of esters is 1. The van der Waals surface area contributed by atoms with E-state index in [0.29, 0.717) is 17.8 Å². The molecule has 6 nitrogen and oxygen atoms in total. The second kappa shape index (κ2) is 6.78. The van der Waals surface area contributed by atoms with Crippen molar-refractivity contribution in [1.82, 2.24) is 4.57 Å². The number of ether oxygens (including phenoxy) is 1. The third kappa shape index (κ3) is 4.56. The average molecular weight is 302 g/mol. The molecule has 114 valence electrons. The van der Waals surface area contributed by atoms with Gasteiger partial charge in [0.1, 0.15) is 15.5 Å². The van der Waals surface area contributed by atoms with E-state index < -0.39 is 15.8 Å². The molecule has 0 aliphatic heterocycles. The standard InChI is InChI=1S/C13H22N2O4S/c1-4-20(17,18)7-5-6-19-13(16)12-8-11(14)9-15(12)10(2)3/h8-10H,4-7,14H2,1-3H3. The Morgan fingerprint density at radius 1 is 1.45 bits per heavy atom. The minimum Gasteiger partial charge on any atom is -0.461 e. The molecule has 0 atom stereocenters. The van der Waals surface area contributed by atoms with Crippen molar-refractivity contribution < 1.29 is 17.9 Å². The van der Waals surface area contributed by atoms with Crippen molar-refractivity contribution in [3.8, 4) is 0 Å². The van der Waals surface area contributed by atoms with E-state index in [2.05, 4.69) is 0 Å². The lowest BCUT2D eigenvalue weighted by Crippen LogP contribution is -2.16. The Bertz CT molecular complexity index is 561. The van der Waals surface area contributed by atoms with Crippen LogP contribution in [0.4, 0.5) is 5.69 Å². The molecule has 0 spiro atoms. The largest absolute Gasteiger partial charge is 0.461 e. The molecule has 0 bridgehead atoms. The van der Waals surface area contributed by atoms with Gasteiger partial charge in [0.25, 0.3) is 0 Å². The number of aromatic nitrogens is 1. The number of hydrogen-bond donors (Lipinski definition) is 1. The van der Waals surface area contributed by atoms with Crippen molar-refractivity contribution in [2.45, 2.75) is 33.2 Å². The molecule has 20 heavy (non-hydrogen) atoms. The summed E-state index contributed by atoms with van der Waals surface area (Å²) in [5.74, 6) is -0.345. The van der Waals surface area contributed by atoms with E-state index in [-0.39, 0.29) is 24.2 Å². The van der Waals surface area contributed by atoms with Gasteiger partial charge in [-0.3, -0.25) is 0 Å².